The van der Waals surface area contributed by atoms with Gasteiger partial charge < -0.3 is 24.8 Å². The number of carbonyl (C=O) groups is 2. The van der Waals surface area contributed by atoms with Crippen molar-refractivity contribution in [3.63, 3.8) is 0 Å². The number of thiophene rings is 1. The van der Waals surface area contributed by atoms with E-state index >= 15 is 0 Å². The molecule has 0 fully saturated rings. The van der Waals surface area contributed by atoms with Gasteiger partial charge >= 0.3 is 0 Å². The summed E-state index contributed by atoms with van der Waals surface area (Å²) >= 11 is 2.71. The molecule has 9 heteroatoms. The molecule has 0 unspecified atom stereocenters. The summed E-state index contributed by atoms with van der Waals surface area (Å²) in [6.45, 7) is 0.426. The maximum atomic E-state index is 12.6. The second kappa shape index (κ2) is 11.4. The fraction of sp³-hybridized carbons (Fsp3) is 0.217. The van der Waals surface area contributed by atoms with Crippen LogP contribution in [0.4, 0.5) is 11.4 Å². The van der Waals surface area contributed by atoms with Gasteiger partial charge in [-0.3, -0.25) is 9.59 Å². The highest BCUT2D eigenvalue weighted by Gasteiger charge is 2.14. The Morgan fingerprint density at radius 1 is 1.00 bits per heavy atom. The summed E-state index contributed by atoms with van der Waals surface area (Å²) in [4.78, 5) is 25.6. The molecule has 0 atom stereocenters. The van der Waals surface area contributed by atoms with E-state index in [1.807, 2.05) is 48.7 Å². The van der Waals surface area contributed by atoms with Crippen molar-refractivity contribution in [1.82, 2.24) is 5.32 Å². The van der Waals surface area contributed by atoms with E-state index in [4.69, 9.17) is 9.47 Å². The lowest BCUT2D eigenvalue weighted by atomic mass is 10.1. The number of hydrogen-bond acceptors (Lipinski definition) is 7. The van der Waals surface area contributed by atoms with Gasteiger partial charge in [0, 0.05) is 29.6 Å². The first-order chi connectivity index (χ1) is 15.5. The Morgan fingerprint density at radius 3 is 2.56 bits per heavy atom. The summed E-state index contributed by atoms with van der Waals surface area (Å²) in [6, 6.07) is 14.6. The fourth-order valence-corrected chi connectivity index (χ4v) is 4.18. The molecule has 1 aromatic heterocycles. The molecule has 0 saturated heterocycles. The molecular weight excluding hydrogens is 446 g/mol. The summed E-state index contributed by atoms with van der Waals surface area (Å²) < 4.78 is 13.7. The first-order valence-corrected chi connectivity index (χ1v) is 11.9. The van der Waals surface area contributed by atoms with Crippen LogP contribution < -0.4 is 24.8 Å². The van der Waals surface area contributed by atoms with Crippen molar-refractivity contribution >= 4 is 46.5 Å². The topological polar surface area (TPSA) is 88.7 Å². The Kier molecular flexibility index (Phi) is 8.41. The van der Waals surface area contributed by atoms with Crippen LogP contribution in [0.2, 0.25) is 0 Å². The van der Waals surface area contributed by atoms with Crippen molar-refractivity contribution in [2.75, 3.05) is 37.1 Å². The maximum Gasteiger partial charge on any atom is 0.265 e. The largest absolute Gasteiger partial charge is 0.497 e. The number of anilines is 2. The van der Waals surface area contributed by atoms with Gasteiger partial charge in [-0.1, -0.05) is 18.0 Å². The van der Waals surface area contributed by atoms with Crippen LogP contribution in [0, 0.1) is 0 Å². The van der Waals surface area contributed by atoms with Gasteiger partial charge in [-0.25, -0.2) is 0 Å². The molecule has 0 spiro atoms. The molecule has 0 radical (unpaired) electrons. The number of rotatable bonds is 10. The van der Waals surface area contributed by atoms with Crippen molar-refractivity contribution in [1.29, 1.82) is 0 Å². The van der Waals surface area contributed by atoms with E-state index < -0.39 is 0 Å². The molecule has 0 saturated carbocycles. The minimum Gasteiger partial charge on any atom is -0.497 e. The molecule has 1 heterocycles. The summed E-state index contributed by atoms with van der Waals surface area (Å²) in [5.74, 6) is 0.992. The molecule has 3 N–H and O–H groups in total. The van der Waals surface area contributed by atoms with Gasteiger partial charge in [-0.15, -0.1) is 11.3 Å². The molecule has 0 aliphatic heterocycles. The first kappa shape index (κ1) is 23.5. The third-order valence-corrected chi connectivity index (χ3v) is 5.96. The summed E-state index contributed by atoms with van der Waals surface area (Å²) in [5.41, 5.74) is 2.97. The van der Waals surface area contributed by atoms with Crippen LogP contribution in [-0.2, 0) is 6.42 Å². The predicted octanol–water partition coefficient (Wildman–Crippen LogP) is 4.68. The molecule has 3 rings (SSSR count). The smallest absolute Gasteiger partial charge is 0.265 e. The Bertz CT molecular complexity index is 1080. The molecule has 168 valence electrons. The maximum absolute atomic E-state index is 12.6. The fourth-order valence-electron chi connectivity index (χ4n) is 3.04. The van der Waals surface area contributed by atoms with E-state index in [-0.39, 0.29) is 11.8 Å². The van der Waals surface area contributed by atoms with E-state index in [2.05, 4.69) is 15.4 Å². The first-order valence-electron chi connectivity index (χ1n) is 9.82. The molecular formula is C23H25N3O4S2. The van der Waals surface area contributed by atoms with E-state index in [9.17, 15) is 9.59 Å². The van der Waals surface area contributed by atoms with Crippen molar-refractivity contribution in [2.24, 2.45) is 0 Å². The normalized spacial score (nSPS) is 10.3. The van der Waals surface area contributed by atoms with E-state index in [1.165, 1.54) is 23.3 Å². The van der Waals surface area contributed by atoms with E-state index in [0.717, 1.165) is 22.7 Å². The van der Waals surface area contributed by atoms with Crippen LogP contribution in [0.5, 0.6) is 11.5 Å². The number of carbonyl (C=O) groups excluding carboxylic acids is 2. The lowest BCUT2D eigenvalue weighted by molar-refractivity contribution is 0.0954. The Hall–Kier alpha value is -3.17. The third kappa shape index (κ3) is 6.18. The Labute approximate surface area is 195 Å². The molecule has 0 bridgehead atoms. The summed E-state index contributed by atoms with van der Waals surface area (Å²) in [5, 5.41) is 7.43. The lowest BCUT2D eigenvalue weighted by Crippen LogP contribution is -2.25. The zero-order chi connectivity index (χ0) is 22.9. The Morgan fingerprint density at radius 2 is 1.81 bits per heavy atom. The minimum atomic E-state index is -0.253. The van der Waals surface area contributed by atoms with Gasteiger partial charge in [0.25, 0.3) is 11.8 Å². The quantitative estimate of drug-likeness (QED) is 0.372. The average molecular weight is 472 g/mol. The molecule has 0 aliphatic rings. The highest BCUT2D eigenvalue weighted by atomic mass is 32.2. The van der Waals surface area contributed by atoms with Crippen molar-refractivity contribution in [3.8, 4) is 11.5 Å². The van der Waals surface area contributed by atoms with Crippen LogP contribution in [0.3, 0.4) is 0 Å². The molecule has 2 amide bonds. The second-order valence-corrected chi connectivity index (χ2v) is 8.25. The third-order valence-electron chi connectivity index (χ3n) is 4.59. The van der Waals surface area contributed by atoms with Gasteiger partial charge in [0.2, 0.25) is 0 Å². The molecule has 2 aromatic carbocycles. The highest BCUT2D eigenvalue weighted by Crippen LogP contribution is 2.24. The predicted molar refractivity (Wildman–Crippen MR) is 131 cm³/mol. The van der Waals surface area contributed by atoms with E-state index in [0.29, 0.717) is 29.1 Å². The lowest BCUT2D eigenvalue weighted by Gasteiger charge is -2.11. The van der Waals surface area contributed by atoms with Crippen LogP contribution in [0.15, 0.2) is 53.9 Å². The van der Waals surface area contributed by atoms with Crippen LogP contribution in [-0.4, -0.2) is 38.8 Å². The summed E-state index contributed by atoms with van der Waals surface area (Å²) in [7, 11) is 3.22. The SMILES string of the molecule is COc1ccc(OC)c(CCNC(=O)c2csc(C(=O)Nc3cccc(NSC)c3)c2)c1. The minimum absolute atomic E-state index is 0.228. The van der Waals surface area contributed by atoms with Crippen LogP contribution in [0.25, 0.3) is 0 Å². The van der Waals surface area contributed by atoms with Gasteiger partial charge in [-0.05, 0) is 54.4 Å². The number of ether oxygens (including phenoxy) is 2. The van der Waals surface area contributed by atoms with Crippen molar-refractivity contribution < 1.29 is 19.1 Å². The molecule has 32 heavy (non-hydrogen) atoms. The highest BCUT2D eigenvalue weighted by molar-refractivity contribution is 7.99. The van der Waals surface area contributed by atoms with E-state index in [1.54, 1.807) is 25.7 Å². The molecule has 0 aliphatic carbocycles. The zero-order valence-corrected chi connectivity index (χ0v) is 19.7. The van der Waals surface area contributed by atoms with Crippen molar-refractivity contribution in [2.45, 2.75) is 6.42 Å². The molecule has 3 aromatic rings. The number of methoxy groups -OCH3 is 2. The van der Waals surface area contributed by atoms with Crippen molar-refractivity contribution in [3.05, 3.63) is 69.9 Å². The standard InChI is InChI=1S/C23H25N3O4S2/c1-29-19-7-8-20(30-2)15(11-19)9-10-24-22(27)16-12-21(32-14-16)23(28)25-17-5-4-6-18(13-17)26-31-3/h4-8,11-14,26H,9-10H2,1-3H3,(H,24,27)(H,25,28). The van der Waals surface area contributed by atoms with Crippen LogP contribution >= 0.6 is 23.3 Å². The number of amides is 2. The van der Waals surface area contributed by atoms with Gasteiger partial charge in [0.1, 0.15) is 11.5 Å². The number of benzene rings is 2. The summed E-state index contributed by atoms with van der Waals surface area (Å²) in [6.07, 6.45) is 2.51. The van der Waals surface area contributed by atoms with Gasteiger partial charge in [0.15, 0.2) is 0 Å². The Balaban J connectivity index is 1.56. The van der Waals surface area contributed by atoms with Gasteiger partial charge in [-0.2, -0.15) is 0 Å². The second-order valence-electron chi connectivity index (χ2n) is 6.72. The molecule has 7 nitrogen and oxygen atoms in total. The zero-order valence-electron chi connectivity index (χ0n) is 18.1. The monoisotopic (exact) mass is 471 g/mol. The number of hydrogen-bond donors (Lipinski definition) is 3. The van der Waals surface area contributed by atoms with Gasteiger partial charge in [0.05, 0.1) is 24.7 Å². The number of nitrogens with one attached hydrogen (secondary N) is 3. The van der Waals surface area contributed by atoms with Crippen LogP contribution in [0.1, 0.15) is 25.6 Å². The average Bonchev–Trinajstić information content (AvgIpc) is 3.30.